The monoisotopic (exact) mass is 539 g/mol. The summed E-state index contributed by atoms with van der Waals surface area (Å²) in [6.45, 7) is 13.5. The van der Waals surface area contributed by atoms with Crippen LogP contribution in [0, 0.1) is 12.8 Å². The Bertz CT molecular complexity index is 1090. The fraction of sp³-hybridized carbons (Fsp3) is 0.516. The van der Waals surface area contributed by atoms with E-state index in [1.54, 1.807) is 57.0 Å². The topological polar surface area (TPSA) is 97.0 Å². The summed E-state index contributed by atoms with van der Waals surface area (Å²) >= 11 is 0. The van der Waals surface area contributed by atoms with Crippen LogP contribution in [-0.4, -0.2) is 48.1 Å². The molecule has 3 amide bonds. The van der Waals surface area contributed by atoms with Crippen molar-refractivity contribution in [3.63, 3.8) is 0 Å². The zero-order valence-electron chi connectivity index (χ0n) is 24.7. The third-order valence-electron chi connectivity index (χ3n) is 6.46. The normalized spacial score (nSPS) is 13.5. The molecule has 0 saturated carbocycles. The van der Waals surface area contributed by atoms with Crippen LogP contribution in [0.4, 0.5) is 10.5 Å². The molecular formula is C31H45N3O5. The first-order chi connectivity index (χ1) is 18.4. The summed E-state index contributed by atoms with van der Waals surface area (Å²) in [5.74, 6) is -0.167. The number of amides is 3. The van der Waals surface area contributed by atoms with Crippen LogP contribution in [0.25, 0.3) is 0 Å². The van der Waals surface area contributed by atoms with Crippen molar-refractivity contribution in [2.24, 2.45) is 5.92 Å². The van der Waals surface area contributed by atoms with E-state index in [9.17, 15) is 14.4 Å². The first kappa shape index (κ1) is 31.7. The lowest BCUT2D eigenvalue weighted by atomic mass is 9.95. The molecule has 3 unspecified atom stereocenters. The summed E-state index contributed by atoms with van der Waals surface area (Å²) in [6.07, 6.45) is 1.52. The van der Waals surface area contributed by atoms with Gasteiger partial charge in [-0.2, -0.15) is 0 Å². The van der Waals surface area contributed by atoms with Crippen molar-refractivity contribution in [1.82, 2.24) is 10.2 Å². The molecule has 0 aromatic heterocycles. The molecule has 2 aromatic carbocycles. The van der Waals surface area contributed by atoms with Gasteiger partial charge in [0.25, 0.3) is 5.91 Å². The first-order valence-corrected chi connectivity index (χ1v) is 13.7. The highest BCUT2D eigenvalue weighted by atomic mass is 16.6. The minimum atomic E-state index is -0.905. The van der Waals surface area contributed by atoms with Gasteiger partial charge in [0.1, 0.15) is 23.4 Å². The number of hydrogen-bond donors (Lipinski definition) is 2. The molecule has 0 spiro atoms. The molecule has 8 heteroatoms. The minimum Gasteiger partial charge on any atom is -0.497 e. The van der Waals surface area contributed by atoms with Crippen molar-refractivity contribution >= 4 is 23.6 Å². The van der Waals surface area contributed by atoms with Gasteiger partial charge in [-0.25, -0.2) is 4.79 Å². The van der Waals surface area contributed by atoms with Crippen LogP contribution >= 0.6 is 0 Å². The third-order valence-corrected chi connectivity index (χ3v) is 6.46. The second-order valence-corrected chi connectivity index (χ2v) is 10.9. The average Bonchev–Trinajstić information content (AvgIpc) is 2.88. The van der Waals surface area contributed by atoms with E-state index in [0.29, 0.717) is 36.4 Å². The number of anilines is 1. The molecule has 8 nitrogen and oxygen atoms in total. The SMILES string of the molecule is CCCCN(C(=O)C(NC(=O)OC(C)(C)C)C(C)CC)C(C(=O)Nc1ccc(OC)cc1)c1cccc(C)c1. The van der Waals surface area contributed by atoms with Gasteiger partial charge in [-0.1, -0.05) is 63.4 Å². The van der Waals surface area contributed by atoms with Gasteiger partial charge < -0.3 is 25.0 Å². The second kappa shape index (κ2) is 14.6. The number of benzene rings is 2. The first-order valence-electron chi connectivity index (χ1n) is 13.7. The molecule has 39 heavy (non-hydrogen) atoms. The van der Waals surface area contributed by atoms with Gasteiger partial charge in [-0.15, -0.1) is 0 Å². The Hall–Kier alpha value is -3.55. The van der Waals surface area contributed by atoms with Crippen LogP contribution in [-0.2, 0) is 14.3 Å². The Morgan fingerprint density at radius 3 is 2.23 bits per heavy atom. The predicted molar refractivity (Wildman–Crippen MR) is 155 cm³/mol. The maximum absolute atomic E-state index is 14.2. The largest absolute Gasteiger partial charge is 0.497 e. The molecule has 0 aliphatic rings. The standard InChI is InChI=1S/C31H45N3O5/c1-9-11-19-34(29(36)26(22(4)10-2)33-30(37)39-31(5,6)7)27(23-14-12-13-21(3)20-23)28(35)32-24-15-17-25(38-8)18-16-24/h12-18,20,22,26-27H,9-11,19H2,1-8H3,(H,32,35)(H,33,37). The molecule has 0 aliphatic carbocycles. The Morgan fingerprint density at radius 2 is 1.69 bits per heavy atom. The average molecular weight is 540 g/mol. The molecular weight excluding hydrogens is 494 g/mol. The number of methoxy groups -OCH3 is 1. The van der Waals surface area contributed by atoms with Crippen LogP contribution in [0.5, 0.6) is 5.75 Å². The molecule has 3 atom stereocenters. The van der Waals surface area contributed by atoms with E-state index < -0.39 is 23.8 Å². The Balaban J connectivity index is 2.52. The number of nitrogens with one attached hydrogen (secondary N) is 2. The van der Waals surface area contributed by atoms with Crippen molar-refractivity contribution in [2.45, 2.75) is 85.4 Å². The molecule has 2 N–H and O–H groups in total. The van der Waals surface area contributed by atoms with Gasteiger partial charge in [0, 0.05) is 12.2 Å². The van der Waals surface area contributed by atoms with E-state index in [4.69, 9.17) is 9.47 Å². The fourth-order valence-corrected chi connectivity index (χ4v) is 4.19. The highest BCUT2D eigenvalue weighted by Gasteiger charge is 2.38. The van der Waals surface area contributed by atoms with E-state index in [1.807, 2.05) is 52.0 Å². The number of hydrogen-bond acceptors (Lipinski definition) is 5. The summed E-state index contributed by atoms with van der Waals surface area (Å²) in [4.78, 5) is 42.5. The molecule has 0 bridgehead atoms. The van der Waals surface area contributed by atoms with E-state index in [0.717, 1.165) is 12.0 Å². The van der Waals surface area contributed by atoms with Crippen molar-refractivity contribution in [1.29, 1.82) is 0 Å². The van der Waals surface area contributed by atoms with Crippen LogP contribution in [0.1, 0.15) is 78.0 Å². The quantitative estimate of drug-likeness (QED) is 0.332. The second-order valence-electron chi connectivity index (χ2n) is 10.9. The van der Waals surface area contributed by atoms with Crippen molar-refractivity contribution in [2.75, 3.05) is 19.0 Å². The Labute approximate surface area is 233 Å². The lowest BCUT2D eigenvalue weighted by Crippen LogP contribution is -2.55. The molecule has 214 valence electrons. The minimum absolute atomic E-state index is 0.183. The third kappa shape index (κ3) is 9.61. The zero-order valence-corrected chi connectivity index (χ0v) is 24.7. The summed E-state index contributed by atoms with van der Waals surface area (Å²) < 4.78 is 10.7. The number of ether oxygens (including phenoxy) is 2. The Morgan fingerprint density at radius 1 is 1.03 bits per heavy atom. The molecule has 0 radical (unpaired) electrons. The summed E-state index contributed by atoms with van der Waals surface area (Å²) in [6, 6.07) is 12.9. The van der Waals surface area contributed by atoms with Gasteiger partial charge in [0.15, 0.2) is 0 Å². The predicted octanol–water partition coefficient (Wildman–Crippen LogP) is 6.25. The molecule has 0 aliphatic heterocycles. The smallest absolute Gasteiger partial charge is 0.408 e. The number of rotatable bonds is 12. The highest BCUT2D eigenvalue weighted by Crippen LogP contribution is 2.27. The lowest BCUT2D eigenvalue weighted by molar-refractivity contribution is -0.142. The Kier molecular flexibility index (Phi) is 11.8. The maximum Gasteiger partial charge on any atom is 0.408 e. The summed E-state index contributed by atoms with van der Waals surface area (Å²) in [7, 11) is 1.58. The number of nitrogens with zero attached hydrogens (tertiary/aromatic N) is 1. The number of unbranched alkanes of at least 4 members (excludes halogenated alkanes) is 1. The van der Waals surface area contributed by atoms with Gasteiger partial charge in [-0.05, 0) is 69.9 Å². The van der Waals surface area contributed by atoms with Crippen LogP contribution in [0.2, 0.25) is 0 Å². The maximum atomic E-state index is 14.2. The van der Waals surface area contributed by atoms with Crippen molar-refractivity contribution in [3.05, 3.63) is 59.7 Å². The van der Waals surface area contributed by atoms with Crippen molar-refractivity contribution in [3.8, 4) is 5.75 Å². The van der Waals surface area contributed by atoms with E-state index in [1.165, 1.54) is 0 Å². The molecule has 2 aromatic rings. The van der Waals surface area contributed by atoms with Gasteiger partial charge >= 0.3 is 6.09 Å². The van der Waals surface area contributed by atoms with Crippen LogP contribution in [0.15, 0.2) is 48.5 Å². The highest BCUT2D eigenvalue weighted by molar-refractivity contribution is 5.99. The van der Waals surface area contributed by atoms with Gasteiger partial charge in [-0.3, -0.25) is 9.59 Å². The fourth-order valence-electron chi connectivity index (χ4n) is 4.19. The zero-order chi connectivity index (χ0) is 29.2. The van der Waals surface area contributed by atoms with Gasteiger partial charge in [0.2, 0.25) is 5.91 Å². The number of alkyl carbamates (subject to hydrolysis) is 1. The summed E-state index contributed by atoms with van der Waals surface area (Å²) in [5.41, 5.74) is 1.55. The van der Waals surface area contributed by atoms with Crippen LogP contribution < -0.4 is 15.4 Å². The van der Waals surface area contributed by atoms with Crippen LogP contribution in [0.3, 0.4) is 0 Å². The summed E-state index contributed by atoms with van der Waals surface area (Å²) in [5, 5.41) is 5.78. The number of carbonyl (C=O) groups excluding carboxylic acids is 3. The van der Waals surface area contributed by atoms with E-state index in [-0.39, 0.29) is 17.7 Å². The molecule has 2 rings (SSSR count). The molecule has 0 fully saturated rings. The lowest BCUT2D eigenvalue weighted by Gasteiger charge is -2.36. The number of carbonyl (C=O) groups is 3. The van der Waals surface area contributed by atoms with E-state index in [2.05, 4.69) is 10.6 Å². The van der Waals surface area contributed by atoms with Gasteiger partial charge in [0.05, 0.1) is 7.11 Å². The number of aryl methyl sites for hydroxylation is 1. The molecule has 0 heterocycles. The van der Waals surface area contributed by atoms with Crippen molar-refractivity contribution < 1.29 is 23.9 Å². The van der Waals surface area contributed by atoms with E-state index >= 15 is 0 Å². The molecule has 0 saturated heterocycles.